The van der Waals surface area contributed by atoms with Crippen LogP contribution in [0.5, 0.6) is 0 Å². The summed E-state index contributed by atoms with van der Waals surface area (Å²) in [5.41, 5.74) is 6.83. The molecule has 0 radical (unpaired) electrons. The molecule has 0 aliphatic carbocycles. The molecule has 0 heterocycles. The zero-order chi connectivity index (χ0) is 14.4. The van der Waals surface area contributed by atoms with Gasteiger partial charge in [0.15, 0.2) is 0 Å². The predicted octanol–water partition coefficient (Wildman–Crippen LogP) is 5.38. The van der Waals surface area contributed by atoms with Gasteiger partial charge in [0.25, 0.3) is 0 Å². The van der Waals surface area contributed by atoms with Crippen molar-refractivity contribution in [2.45, 2.75) is 93.0 Å². The maximum absolute atomic E-state index is 5.92. The van der Waals surface area contributed by atoms with E-state index in [1.807, 2.05) is 0 Å². The van der Waals surface area contributed by atoms with Crippen molar-refractivity contribution in [3.63, 3.8) is 0 Å². The molecule has 0 spiro atoms. The van der Waals surface area contributed by atoms with E-state index in [1.54, 1.807) is 0 Å². The Morgan fingerprint density at radius 2 is 1.33 bits per heavy atom. The van der Waals surface area contributed by atoms with Crippen LogP contribution in [-0.2, 0) is 0 Å². The highest BCUT2D eigenvalue weighted by Crippen LogP contribution is 2.34. The van der Waals surface area contributed by atoms with Crippen LogP contribution in [-0.4, -0.2) is 6.04 Å². The molecule has 0 aromatic rings. The van der Waals surface area contributed by atoms with Crippen LogP contribution in [0.3, 0.4) is 0 Å². The topological polar surface area (TPSA) is 26.0 Å². The molecular formula is C17H37N. The molecule has 0 aromatic carbocycles. The fourth-order valence-electron chi connectivity index (χ4n) is 2.82. The van der Waals surface area contributed by atoms with Crippen molar-refractivity contribution in [2.75, 3.05) is 0 Å². The summed E-state index contributed by atoms with van der Waals surface area (Å²) in [6, 6.07) is 0.328. The van der Waals surface area contributed by atoms with Crippen molar-refractivity contribution < 1.29 is 0 Å². The Kier molecular flexibility index (Phi) is 7.51. The molecule has 0 aliphatic heterocycles. The van der Waals surface area contributed by atoms with Crippen LogP contribution < -0.4 is 5.73 Å². The summed E-state index contributed by atoms with van der Waals surface area (Å²) >= 11 is 0. The lowest BCUT2D eigenvalue weighted by atomic mass is 9.76. The quantitative estimate of drug-likeness (QED) is 0.588. The third-order valence-corrected chi connectivity index (χ3v) is 3.98. The Bertz CT molecular complexity index is 214. The monoisotopic (exact) mass is 255 g/mol. The average Bonchev–Trinajstić information content (AvgIpc) is 2.12. The van der Waals surface area contributed by atoms with E-state index in [1.165, 1.54) is 32.1 Å². The van der Waals surface area contributed by atoms with Crippen LogP contribution in [0.4, 0.5) is 0 Å². The van der Waals surface area contributed by atoms with Crippen LogP contribution in [0.1, 0.15) is 87.0 Å². The Labute approximate surface area is 116 Å². The summed E-state index contributed by atoms with van der Waals surface area (Å²) in [5.74, 6) is 0.832. The minimum Gasteiger partial charge on any atom is -0.328 e. The molecule has 110 valence electrons. The standard InChI is InChI=1S/C17H37N/c1-14(2)9-12-16(4,5)10-8-11-17(6,7)13-15(3)18/h14-15H,8-13,18H2,1-7H3. The van der Waals surface area contributed by atoms with E-state index < -0.39 is 0 Å². The van der Waals surface area contributed by atoms with Gasteiger partial charge in [0.1, 0.15) is 0 Å². The van der Waals surface area contributed by atoms with Gasteiger partial charge >= 0.3 is 0 Å². The molecule has 0 amide bonds. The molecule has 0 saturated heterocycles. The molecule has 0 aliphatic rings. The van der Waals surface area contributed by atoms with Crippen molar-refractivity contribution in [1.29, 1.82) is 0 Å². The summed E-state index contributed by atoms with van der Waals surface area (Å²) in [6.07, 6.45) is 7.85. The highest BCUT2D eigenvalue weighted by atomic mass is 14.6. The van der Waals surface area contributed by atoms with Gasteiger partial charge in [0.2, 0.25) is 0 Å². The zero-order valence-corrected chi connectivity index (χ0v) is 14.0. The van der Waals surface area contributed by atoms with Gasteiger partial charge in [0, 0.05) is 6.04 Å². The molecule has 1 unspecified atom stereocenters. The summed E-state index contributed by atoms with van der Waals surface area (Å²) in [4.78, 5) is 0. The SMILES string of the molecule is CC(C)CCC(C)(C)CCCC(C)(C)CC(C)N. The molecule has 0 bridgehead atoms. The van der Waals surface area contributed by atoms with Crippen molar-refractivity contribution in [3.05, 3.63) is 0 Å². The molecule has 0 rings (SSSR count). The minimum atomic E-state index is 0.328. The second kappa shape index (κ2) is 7.53. The third kappa shape index (κ3) is 9.94. The van der Waals surface area contributed by atoms with E-state index in [4.69, 9.17) is 5.73 Å². The normalized spacial score (nSPS) is 15.2. The van der Waals surface area contributed by atoms with Crippen LogP contribution in [0.25, 0.3) is 0 Å². The zero-order valence-electron chi connectivity index (χ0n) is 14.0. The van der Waals surface area contributed by atoms with Gasteiger partial charge in [-0.15, -0.1) is 0 Å². The highest BCUT2D eigenvalue weighted by Gasteiger charge is 2.22. The van der Waals surface area contributed by atoms with E-state index in [9.17, 15) is 0 Å². The molecule has 1 atom stereocenters. The van der Waals surface area contributed by atoms with E-state index >= 15 is 0 Å². The van der Waals surface area contributed by atoms with E-state index in [0.29, 0.717) is 16.9 Å². The molecule has 0 aromatic heterocycles. The molecule has 18 heavy (non-hydrogen) atoms. The Hall–Kier alpha value is -0.0400. The van der Waals surface area contributed by atoms with Gasteiger partial charge in [-0.2, -0.15) is 0 Å². The first-order chi connectivity index (χ1) is 8.04. The van der Waals surface area contributed by atoms with E-state index in [0.717, 1.165) is 12.3 Å². The molecule has 1 nitrogen and oxygen atoms in total. The summed E-state index contributed by atoms with van der Waals surface area (Å²) in [7, 11) is 0. The lowest BCUT2D eigenvalue weighted by molar-refractivity contribution is 0.228. The molecule has 1 heteroatoms. The molecular weight excluding hydrogens is 218 g/mol. The van der Waals surface area contributed by atoms with Crippen molar-refractivity contribution in [2.24, 2.45) is 22.5 Å². The first-order valence-electron chi connectivity index (χ1n) is 7.80. The summed E-state index contributed by atoms with van der Waals surface area (Å²) in [5, 5.41) is 0. The predicted molar refractivity (Wildman–Crippen MR) is 83.8 cm³/mol. The largest absolute Gasteiger partial charge is 0.328 e. The van der Waals surface area contributed by atoms with Crippen LogP contribution >= 0.6 is 0 Å². The average molecular weight is 255 g/mol. The number of nitrogens with two attached hydrogens (primary N) is 1. The van der Waals surface area contributed by atoms with Crippen LogP contribution in [0.2, 0.25) is 0 Å². The van der Waals surface area contributed by atoms with Gasteiger partial charge < -0.3 is 5.73 Å². The summed E-state index contributed by atoms with van der Waals surface area (Å²) in [6.45, 7) is 16.3. The van der Waals surface area contributed by atoms with Gasteiger partial charge in [-0.05, 0) is 49.4 Å². The molecule has 0 saturated carbocycles. The van der Waals surface area contributed by atoms with Crippen LogP contribution in [0, 0.1) is 16.7 Å². The van der Waals surface area contributed by atoms with Gasteiger partial charge in [-0.3, -0.25) is 0 Å². The Morgan fingerprint density at radius 3 is 1.78 bits per heavy atom. The van der Waals surface area contributed by atoms with Crippen molar-refractivity contribution in [1.82, 2.24) is 0 Å². The van der Waals surface area contributed by atoms with Crippen molar-refractivity contribution in [3.8, 4) is 0 Å². The molecule has 2 N–H and O–H groups in total. The maximum atomic E-state index is 5.92. The van der Waals surface area contributed by atoms with E-state index in [-0.39, 0.29) is 0 Å². The van der Waals surface area contributed by atoms with Gasteiger partial charge in [0.05, 0.1) is 0 Å². The highest BCUT2D eigenvalue weighted by molar-refractivity contribution is 4.76. The fourth-order valence-corrected chi connectivity index (χ4v) is 2.82. The van der Waals surface area contributed by atoms with Gasteiger partial charge in [-0.1, -0.05) is 54.4 Å². The Morgan fingerprint density at radius 1 is 0.833 bits per heavy atom. The number of hydrogen-bond donors (Lipinski definition) is 1. The summed E-state index contributed by atoms with van der Waals surface area (Å²) < 4.78 is 0. The Balaban J connectivity index is 3.94. The smallest absolute Gasteiger partial charge is 0.00155 e. The number of rotatable bonds is 9. The first kappa shape index (κ1) is 18.0. The van der Waals surface area contributed by atoms with Crippen molar-refractivity contribution >= 4 is 0 Å². The fraction of sp³-hybridized carbons (Fsp3) is 1.00. The number of hydrogen-bond acceptors (Lipinski definition) is 1. The second-order valence-electron chi connectivity index (χ2n) is 8.30. The van der Waals surface area contributed by atoms with Crippen LogP contribution in [0.15, 0.2) is 0 Å². The lowest BCUT2D eigenvalue weighted by Crippen LogP contribution is -2.25. The minimum absolute atomic E-state index is 0.328. The molecule has 0 fully saturated rings. The first-order valence-corrected chi connectivity index (χ1v) is 7.80. The van der Waals surface area contributed by atoms with E-state index in [2.05, 4.69) is 48.5 Å². The maximum Gasteiger partial charge on any atom is 0.00155 e. The van der Waals surface area contributed by atoms with Gasteiger partial charge in [-0.25, -0.2) is 0 Å². The second-order valence-corrected chi connectivity index (χ2v) is 8.30. The third-order valence-electron chi connectivity index (χ3n) is 3.98. The lowest BCUT2D eigenvalue weighted by Gasteiger charge is -2.30.